The van der Waals surface area contributed by atoms with Gasteiger partial charge in [0, 0.05) is 25.3 Å². The van der Waals surface area contributed by atoms with Crippen molar-refractivity contribution in [1.82, 2.24) is 5.32 Å². The van der Waals surface area contributed by atoms with Gasteiger partial charge in [0.25, 0.3) is 0 Å². The molecule has 1 saturated heterocycles. The van der Waals surface area contributed by atoms with E-state index in [0.717, 1.165) is 24.0 Å². The van der Waals surface area contributed by atoms with Gasteiger partial charge in [0.1, 0.15) is 5.82 Å². The van der Waals surface area contributed by atoms with E-state index in [1.54, 1.807) is 0 Å². The van der Waals surface area contributed by atoms with E-state index in [-0.39, 0.29) is 11.4 Å². The first-order valence-corrected chi connectivity index (χ1v) is 8.01. The molecular formula is C19H22FNO2. The fourth-order valence-electron chi connectivity index (χ4n) is 3.14. The molecule has 2 aromatic carbocycles. The molecule has 3 rings (SSSR count). The number of rotatable bonds is 5. The lowest BCUT2D eigenvalue weighted by molar-refractivity contribution is 0.0299. The summed E-state index contributed by atoms with van der Waals surface area (Å²) in [6.07, 6.45) is 1.04. The Labute approximate surface area is 136 Å². The minimum absolute atomic E-state index is 0.236. The number of hydrogen-bond acceptors (Lipinski definition) is 3. The lowest BCUT2D eigenvalue weighted by atomic mass is 9.82. The van der Waals surface area contributed by atoms with Crippen LogP contribution in [0, 0.1) is 5.82 Å². The molecule has 0 spiro atoms. The highest BCUT2D eigenvalue weighted by molar-refractivity contribution is 5.26. The van der Waals surface area contributed by atoms with Crippen molar-refractivity contribution in [1.29, 1.82) is 0 Å². The van der Waals surface area contributed by atoms with Crippen molar-refractivity contribution in [2.45, 2.75) is 24.5 Å². The third-order valence-corrected chi connectivity index (χ3v) is 4.56. The number of benzene rings is 2. The highest BCUT2D eigenvalue weighted by Gasteiger charge is 2.34. The molecule has 4 heteroatoms. The van der Waals surface area contributed by atoms with Crippen LogP contribution < -0.4 is 5.32 Å². The zero-order valence-electron chi connectivity index (χ0n) is 13.0. The Hall–Kier alpha value is -1.75. The molecule has 1 aliphatic heterocycles. The number of nitrogens with one attached hydrogen (secondary N) is 1. The van der Waals surface area contributed by atoms with Crippen molar-refractivity contribution in [3.8, 4) is 0 Å². The van der Waals surface area contributed by atoms with Gasteiger partial charge in [0.15, 0.2) is 0 Å². The predicted octanol–water partition coefficient (Wildman–Crippen LogP) is 3.15. The third kappa shape index (κ3) is 3.78. The Morgan fingerprint density at radius 3 is 2.35 bits per heavy atom. The Bertz CT molecular complexity index is 609. The van der Waals surface area contributed by atoms with E-state index >= 15 is 0 Å². The largest absolute Gasteiger partial charge is 0.387 e. The zero-order chi connectivity index (χ0) is 16.1. The Kier molecular flexibility index (Phi) is 5.06. The minimum atomic E-state index is -0.573. The maximum Gasteiger partial charge on any atom is 0.123 e. The van der Waals surface area contributed by atoms with Crippen LogP contribution in [-0.4, -0.2) is 24.9 Å². The number of ether oxygens (including phenoxy) is 1. The lowest BCUT2D eigenvalue weighted by Crippen LogP contribution is -2.48. The average Bonchev–Trinajstić information content (AvgIpc) is 2.62. The third-order valence-electron chi connectivity index (χ3n) is 4.56. The Morgan fingerprint density at radius 1 is 1.04 bits per heavy atom. The SMILES string of the molecule is OC(CNC1(c2ccc(F)cc2)CCOCC1)c1ccccc1. The number of aliphatic hydroxyl groups is 1. The van der Waals surface area contributed by atoms with Gasteiger partial charge >= 0.3 is 0 Å². The van der Waals surface area contributed by atoms with E-state index in [0.29, 0.717) is 19.8 Å². The highest BCUT2D eigenvalue weighted by atomic mass is 19.1. The molecule has 1 heterocycles. The van der Waals surface area contributed by atoms with Gasteiger partial charge in [0.2, 0.25) is 0 Å². The number of halogens is 1. The number of aliphatic hydroxyl groups excluding tert-OH is 1. The van der Waals surface area contributed by atoms with Gasteiger partial charge in [-0.05, 0) is 36.1 Å². The van der Waals surface area contributed by atoms with E-state index in [4.69, 9.17) is 4.74 Å². The fraction of sp³-hybridized carbons (Fsp3) is 0.368. The van der Waals surface area contributed by atoms with Crippen molar-refractivity contribution in [2.75, 3.05) is 19.8 Å². The summed E-state index contributed by atoms with van der Waals surface area (Å²) >= 11 is 0. The van der Waals surface area contributed by atoms with Crippen LogP contribution in [0.4, 0.5) is 4.39 Å². The molecule has 2 aromatic rings. The molecule has 23 heavy (non-hydrogen) atoms. The van der Waals surface area contributed by atoms with Crippen molar-refractivity contribution in [3.05, 3.63) is 71.5 Å². The molecule has 0 saturated carbocycles. The second-order valence-electron chi connectivity index (χ2n) is 6.01. The summed E-state index contributed by atoms with van der Waals surface area (Å²) in [4.78, 5) is 0. The van der Waals surface area contributed by atoms with E-state index in [9.17, 15) is 9.50 Å². The summed E-state index contributed by atoms with van der Waals surface area (Å²) in [6.45, 7) is 1.76. The molecule has 1 atom stereocenters. The van der Waals surface area contributed by atoms with Gasteiger partial charge in [-0.1, -0.05) is 42.5 Å². The minimum Gasteiger partial charge on any atom is -0.387 e. The molecule has 0 radical (unpaired) electrons. The predicted molar refractivity (Wildman–Crippen MR) is 87.5 cm³/mol. The van der Waals surface area contributed by atoms with Crippen LogP contribution in [0.25, 0.3) is 0 Å². The van der Waals surface area contributed by atoms with Crippen LogP contribution in [0.1, 0.15) is 30.1 Å². The Morgan fingerprint density at radius 2 is 1.70 bits per heavy atom. The summed E-state index contributed by atoms with van der Waals surface area (Å²) < 4.78 is 18.7. The van der Waals surface area contributed by atoms with E-state index < -0.39 is 6.10 Å². The molecule has 0 amide bonds. The second-order valence-corrected chi connectivity index (χ2v) is 6.01. The smallest absolute Gasteiger partial charge is 0.123 e. The van der Waals surface area contributed by atoms with Crippen molar-refractivity contribution in [2.24, 2.45) is 0 Å². The van der Waals surface area contributed by atoms with Gasteiger partial charge in [0.05, 0.1) is 6.10 Å². The summed E-state index contributed by atoms with van der Waals surface area (Å²) in [6, 6.07) is 16.2. The van der Waals surface area contributed by atoms with Crippen molar-refractivity contribution >= 4 is 0 Å². The molecule has 2 N–H and O–H groups in total. The van der Waals surface area contributed by atoms with Crippen LogP contribution >= 0.6 is 0 Å². The molecule has 1 aliphatic rings. The first kappa shape index (κ1) is 16.1. The molecule has 0 bridgehead atoms. The molecule has 3 nitrogen and oxygen atoms in total. The van der Waals surface area contributed by atoms with E-state index in [1.165, 1.54) is 12.1 Å². The van der Waals surface area contributed by atoms with Gasteiger partial charge in [-0.25, -0.2) is 4.39 Å². The second kappa shape index (κ2) is 7.21. The molecule has 0 aliphatic carbocycles. The first-order chi connectivity index (χ1) is 11.2. The number of hydrogen-bond donors (Lipinski definition) is 2. The molecule has 0 aromatic heterocycles. The zero-order valence-corrected chi connectivity index (χ0v) is 13.0. The van der Waals surface area contributed by atoms with Crippen molar-refractivity contribution in [3.63, 3.8) is 0 Å². The maximum absolute atomic E-state index is 13.2. The summed E-state index contributed by atoms with van der Waals surface area (Å²) in [5.74, 6) is -0.236. The van der Waals surface area contributed by atoms with Crippen LogP contribution in [0.2, 0.25) is 0 Å². The Balaban J connectivity index is 1.75. The van der Waals surface area contributed by atoms with Gasteiger partial charge in [-0.3, -0.25) is 0 Å². The van der Waals surface area contributed by atoms with Crippen molar-refractivity contribution < 1.29 is 14.2 Å². The molecule has 1 unspecified atom stereocenters. The molecule has 122 valence electrons. The fourth-order valence-corrected chi connectivity index (χ4v) is 3.14. The lowest BCUT2D eigenvalue weighted by Gasteiger charge is -2.39. The molecular weight excluding hydrogens is 293 g/mol. The quantitative estimate of drug-likeness (QED) is 0.890. The van der Waals surface area contributed by atoms with Crippen LogP contribution in [0.3, 0.4) is 0 Å². The van der Waals surface area contributed by atoms with Crippen LogP contribution in [0.5, 0.6) is 0 Å². The maximum atomic E-state index is 13.2. The van der Waals surface area contributed by atoms with Crippen LogP contribution in [0.15, 0.2) is 54.6 Å². The van der Waals surface area contributed by atoms with E-state index in [1.807, 2.05) is 42.5 Å². The average molecular weight is 315 g/mol. The summed E-state index contributed by atoms with van der Waals surface area (Å²) in [5.41, 5.74) is 1.66. The monoisotopic (exact) mass is 315 g/mol. The van der Waals surface area contributed by atoms with E-state index in [2.05, 4.69) is 5.32 Å². The summed E-state index contributed by atoms with van der Waals surface area (Å²) in [7, 11) is 0. The topological polar surface area (TPSA) is 41.5 Å². The van der Waals surface area contributed by atoms with Gasteiger partial charge in [-0.2, -0.15) is 0 Å². The molecule has 1 fully saturated rings. The summed E-state index contributed by atoms with van der Waals surface area (Å²) in [5, 5.41) is 13.9. The normalized spacial score (nSPS) is 18.5. The first-order valence-electron chi connectivity index (χ1n) is 8.01. The van der Waals surface area contributed by atoms with Gasteiger partial charge in [-0.15, -0.1) is 0 Å². The van der Waals surface area contributed by atoms with Crippen LogP contribution in [-0.2, 0) is 10.3 Å². The standard InChI is InChI=1S/C19H22FNO2/c20-17-8-6-16(7-9-17)19(10-12-23-13-11-19)21-14-18(22)15-4-2-1-3-5-15/h1-9,18,21-22H,10-14H2. The van der Waals surface area contributed by atoms with Gasteiger partial charge < -0.3 is 15.2 Å². The highest BCUT2D eigenvalue weighted by Crippen LogP contribution is 2.32.